The molecule has 1 N–H and O–H groups in total. The summed E-state index contributed by atoms with van der Waals surface area (Å²) in [5, 5.41) is 3.29. The van der Waals surface area contributed by atoms with Crippen LogP contribution in [0.25, 0.3) is 0 Å². The lowest BCUT2D eigenvalue weighted by atomic mass is 9.97. The Bertz CT molecular complexity index is 399. The van der Waals surface area contributed by atoms with Gasteiger partial charge >= 0.3 is 6.18 Å². The maximum atomic E-state index is 12.6. The van der Waals surface area contributed by atoms with E-state index in [1.165, 1.54) is 12.1 Å². The molecule has 0 aliphatic rings. The van der Waals surface area contributed by atoms with Crippen LogP contribution in [-0.2, 0) is 6.18 Å². The van der Waals surface area contributed by atoms with Crippen molar-refractivity contribution in [3.63, 3.8) is 0 Å². The first-order valence-electron chi connectivity index (χ1n) is 6.62. The highest BCUT2D eigenvalue weighted by Gasteiger charge is 2.30. The summed E-state index contributed by atoms with van der Waals surface area (Å²) in [6, 6.07) is 5.43. The molecule has 0 amide bonds. The standard InChI is InChI=1S/C15H22F3N/c1-10(2)11(3)9-19-12(4)13-6-5-7-14(8-13)15(16,17)18/h5-8,10-12,19H,9H2,1-4H3. The van der Waals surface area contributed by atoms with Crippen molar-refractivity contribution in [1.82, 2.24) is 5.32 Å². The summed E-state index contributed by atoms with van der Waals surface area (Å²) in [4.78, 5) is 0. The summed E-state index contributed by atoms with van der Waals surface area (Å²) < 4.78 is 37.9. The Morgan fingerprint density at radius 2 is 1.74 bits per heavy atom. The largest absolute Gasteiger partial charge is 0.416 e. The fourth-order valence-electron chi connectivity index (χ4n) is 1.70. The summed E-state index contributed by atoms with van der Waals surface area (Å²) in [7, 11) is 0. The van der Waals surface area contributed by atoms with Crippen molar-refractivity contribution in [3.05, 3.63) is 35.4 Å². The zero-order valence-electron chi connectivity index (χ0n) is 11.9. The van der Waals surface area contributed by atoms with E-state index in [4.69, 9.17) is 0 Å². The molecule has 0 saturated heterocycles. The number of halogens is 3. The van der Waals surface area contributed by atoms with Crippen molar-refractivity contribution >= 4 is 0 Å². The van der Waals surface area contributed by atoms with Crippen LogP contribution < -0.4 is 5.32 Å². The molecule has 0 aliphatic carbocycles. The minimum Gasteiger partial charge on any atom is -0.310 e. The molecule has 0 radical (unpaired) electrons. The highest BCUT2D eigenvalue weighted by molar-refractivity contribution is 5.27. The van der Waals surface area contributed by atoms with Gasteiger partial charge in [-0.1, -0.05) is 32.9 Å². The molecule has 0 aliphatic heterocycles. The van der Waals surface area contributed by atoms with E-state index in [0.29, 0.717) is 17.4 Å². The van der Waals surface area contributed by atoms with Gasteiger partial charge in [-0.25, -0.2) is 0 Å². The van der Waals surface area contributed by atoms with E-state index < -0.39 is 11.7 Å². The maximum Gasteiger partial charge on any atom is 0.416 e. The lowest BCUT2D eigenvalue weighted by molar-refractivity contribution is -0.137. The number of benzene rings is 1. The Kier molecular flexibility index (Phi) is 5.41. The van der Waals surface area contributed by atoms with Crippen molar-refractivity contribution in [1.29, 1.82) is 0 Å². The minimum absolute atomic E-state index is 0.0801. The van der Waals surface area contributed by atoms with E-state index in [0.717, 1.165) is 12.6 Å². The van der Waals surface area contributed by atoms with Crippen molar-refractivity contribution in [3.8, 4) is 0 Å². The molecule has 0 heterocycles. The second-order valence-electron chi connectivity index (χ2n) is 5.47. The van der Waals surface area contributed by atoms with Crippen LogP contribution in [0.1, 0.15) is 44.9 Å². The third kappa shape index (κ3) is 4.86. The molecular formula is C15H22F3N. The molecule has 0 spiro atoms. The van der Waals surface area contributed by atoms with E-state index in [9.17, 15) is 13.2 Å². The van der Waals surface area contributed by atoms with Crippen LogP contribution in [0.4, 0.5) is 13.2 Å². The summed E-state index contributed by atoms with van der Waals surface area (Å²) in [6.45, 7) is 9.11. The summed E-state index contributed by atoms with van der Waals surface area (Å²) >= 11 is 0. The maximum absolute atomic E-state index is 12.6. The molecular weight excluding hydrogens is 251 g/mol. The van der Waals surface area contributed by atoms with Crippen LogP contribution in [-0.4, -0.2) is 6.54 Å². The van der Waals surface area contributed by atoms with Crippen molar-refractivity contribution < 1.29 is 13.2 Å². The number of rotatable bonds is 5. The average molecular weight is 273 g/mol. The molecule has 19 heavy (non-hydrogen) atoms. The number of alkyl halides is 3. The zero-order valence-corrected chi connectivity index (χ0v) is 11.9. The second kappa shape index (κ2) is 6.42. The van der Waals surface area contributed by atoms with Crippen LogP contribution in [0.15, 0.2) is 24.3 Å². The first-order chi connectivity index (χ1) is 8.71. The van der Waals surface area contributed by atoms with Crippen LogP contribution >= 0.6 is 0 Å². The number of hydrogen-bond acceptors (Lipinski definition) is 1. The van der Waals surface area contributed by atoms with E-state index >= 15 is 0 Å². The lowest BCUT2D eigenvalue weighted by Gasteiger charge is -2.21. The smallest absolute Gasteiger partial charge is 0.310 e. The summed E-state index contributed by atoms with van der Waals surface area (Å²) in [5.74, 6) is 1.05. The van der Waals surface area contributed by atoms with Crippen molar-refractivity contribution in [2.75, 3.05) is 6.54 Å². The Hall–Kier alpha value is -1.03. The highest BCUT2D eigenvalue weighted by atomic mass is 19.4. The first-order valence-corrected chi connectivity index (χ1v) is 6.62. The van der Waals surface area contributed by atoms with Gasteiger partial charge in [-0.05, 0) is 43.0 Å². The Labute approximate surface area is 113 Å². The lowest BCUT2D eigenvalue weighted by Crippen LogP contribution is -2.27. The van der Waals surface area contributed by atoms with Gasteiger partial charge in [0, 0.05) is 6.04 Å². The molecule has 108 valence electrons. The monoisotopic (exact) mass is 273 g/mol. The summed E-state index contributed by atoms with van der Waals surface area (Å²) in [5.41, 5.74) is 0.0846. The van der Waals surface area contributed by atoms with Gasteiger partial charge in [0.05, 0.1) is 5.56 Å². The SMILES string of the molecule is CC(NCC(C)C(C)C)c1cccc(C(F)(F)F)c1. The van der Waals surface area contributed by atoms with Gasteiger partial charge in [-0.3, -0.25) is 0 Å². The van der Waals surface area contributed by atoms with E-state index in [2.05, 4.69) is 26.1 Å². The molecule has 0 bridgehead atoms. The molecule has 2 unspecified atom stereocenters. The molecule has 0 aromatic heterocycles. The van der Waals surface area contributed by atoms with E-state index in [1.807, 2.05) is 6.92 Å². The zero-order chi connectivity index (χ0) is 14.6. The van der Waals surface area contributed by atoms with Crippen LogP contribution in [0.3, 0.4) is 0 Å². The van der Waals surface area contributed by atoms with Gasteiger partial charge in [0.25, 0.3) is 0 Å². The van der Waals surface area contributed by atoms with Crippen LogP contribution in [0.2, 0.25) is 0 Å². The van der Waals surface area contributed by atoms with Gasteiger partial charge in [0.1, 0.15) is 0 Å². The Morgan fingerprint density at radius 3 is 2.26 bits per heavy atom. The van der Waals surface area contributed by atoms with E-state index in [-0.39, 0.29) is 6.04 Å². The molecule has 0 fully saturated rings. The second-order valence-corrected chi connectivity index (χ2v) is 5.47. The molecule has 1 rings (SSSR count). The third-order valence-corrected chi connectivity index (χ3v) is 3.60. The van der Waals surface area contributed by atoms with Gasteiger partial charge < -0.3 is 5.32 Å². The Balaban J connectivity index is 2.70. The van der Waals surface area contributed by atoms with Gasteiger partial charge in [0.2, 0.25) is 0 Å². The predicted octanol–water partition coefficient (Wildman–Crippen LogP) is 4.65. The van der Waals surface area contributed by atoms with Crippen molar-refractivity contribution in [2.45, 2.75) is 39.9 Å². The average Bonchev–Trinajstić information content (AvgIpc) is 2.34. The van der Waals surface area contributed by atoms with Gasteiger partial charge in [0.15, 0.2) is 0 Å². The van der Waals surface area contributed by atoms with Gasteiger partial charge in [-0.2, -0.15) is 13.2 Å². The molecule has 1 aromatic rings. The number of nitrogens with one attached hydrogen (secondary N) is 1. The molecule has 4 heteroatoms. The van der Waals surface area contributed by atoms with Gasteiger partial charge in [-0.15, -0.1) is 0 Å². The normalized spacial score (nSPS) is 15.6. The minimum atomic E-state index is -4.28. The first kappa shape index (κ1) is 16.0. The predicted molar refractivity (Wildman–Crippen MR) is 71.9 cm³/mol. The fourth-order valence-corrected chi connectivity index (χ4v) is 1.70. The highest BCUT2D eigenvalue weighted by Crippen LogP contribution is 2.30. The third-order valence-electron chi connectivity index (χ3n) is 3.60. The quantitative estimate of drug-likeness (QED) is 0.823. The Morgan fingerprint density at radius 1 is 1.11 bits per heavy atom. The van der Waals surface area contributed by atoms with Crippen LogP contribution in [0, 0.1) is 11.8 Å². The fraction of sp³-hybridized carbons (Fsp3) is 0.600. The summed E-state index contributed by atoms with van der Waals surface area (Å²) in [6.07, 6.45) is -4.28. The van der Waals surface area contributed by atoms with E-state index in [1.54, 1.807) is 6.07 Å². The molecule has 0 saturated carbocycles. The molecule has 2 atom stereocenters. The topological polar surface area (TPSA) is 12.0 Å². The molecule has 1 nitrogen and oxygen atoms in total. The number of hydrogen-bond donors (Lipinski definition) is 1. The van der Waals surface area contributed by atoms with Crippen molar-refractivity contribution in [2.24, 2.45) is 11.8 Å². The van der Waals surface area contributed by atoms with Crippen LogP contribution in [0.5, 0.6) is 0 Å². The molecule has 1 aromatic carbocycles.